The van der Waals surface area contributed by atoms with Gasteiger partial charge in [-0.1, -0.05) is 109 Å². The Hall–Kier alpha value is -3.47. The van der Waals surface area contributed by atoms with E-state index in [2.05, 4.69) is 106 Å². The van der Waals surface area contributed by atoms with Gasteiger partial charge in [-0.15, -0.1) is 34.9 Å². The van der Waals surface area contributed by atoms with E-state index in [1.165, 1.54) is 50.5 Å². The molecule has 1 aliphatic rings. The zero-order chi connectivity index (χ0) is 35.4. The van der Waals surface area contributed by atoms with Gasteiger partial charge in [0.25, 0.3) is 0 Å². The van der Waals surface area contributed by atoms with Gasteiger partial charge in [0.05, 0.1) is 0 Å². The van der Waals surface area contributed by atoms with Crippen LogP contribution < -0.4 is 15.7 Å². The van der Waals surface area contributed by atoms with Crippen LogP contribution in [0, 0.1) is 44.6 Å². The third-order valence-electron chi connectivity index (χ3n) is 11.0. The number of rotatable bonds is 9. The number of pyridine rings is 1. The topological polar surface area (TPSA) is 53.4 Å². The molecule has 0 amide bonds. The molecule has 3 aromatic carbocycles. The van der Waals surface area contributed by atoms with E-state index in [0.29, 0.717) is 0 Å². The Bertz CT molecular complexity index is 1770. The van der Waals surface area contributed by atoms with Crippen LogP contribution in [0.2, 0.25) is 0 Å². The fourth-order valence-corrected chi connectivity index (χ4v) is 6.86. The zero-order valence-corrected chi connectivity index (χ0v) is 33.8. The Morgan fingerprint density at radius 3 is 2.02 bits per heavy atom. The first-order valence-corrected chi connectivity index (χ1v) is 17.6. The molecule has 2 heterocycles. The maximum Gasteiger partial charge on any atom is 0.323 e. The van der Waals surface area contributed by atoms with Crippen molar-refractivity contribution in [2.45, 2.75) is 94.9 Å². The van der Waals surface area contributed by atoms with Crippen LogP contribution in [0.3, 0.4) is 0 Å². The second kappa shape index (κ2) is 16.5. The fraction of sp³-hybridized carbons (Fsp3) is 0.395. The van der Waals surface area contributed by atoms with Crippen molar-refractivity contribution >= 4 is 29.2 Å². The monoisotopic (exact) mass is 834 g/mol. The first kappa shape index (κ1) is 40.0. The number of hydrogen-bond donors (Lipinski definition) is 1. The summed E-state index contributed by atoms with van der Waals surface area (Å²) < 4.78 is 0. The van der Waals surface area contributed by atoms with Gasteiger partial charge in [0.1, 0.15) is 5.76 Å². The van der Waals surface area contributed by atoms with Crippen LogP contribution in [0.4, 0.5) is 5.69 Å². The Balaban J connectivity index is 0.000000312. The zero-order valence-electron chi connectivity index (χ0n) is 31.4. The molecule has 5 rings (SSSR count). The summed E-state index contributed by atoms with van der Waals surface area (Å²) in [6.07, 6.45) is 6.69. The van der Waals surface area contributed by atoms with Crippen LogP contribution in [0.1, 0.15) is 89.5 Å². The van der Waals surface area contributed by atoms with Gasteiger partial charge in [-0.3, -0.25) is 4.79 Å². The number of carbonyl (C=O) groups excluding carboxylic acids is 1. The number of benzene rings is 3. The first-order chi connectivity index (χ1) is 22.7. The Labute approximate surface area is 309 Å². The molecule has 6 heteroatoms. The number of ketones is 1. The average Bonchev–Trinajstić information content (AvgIpc) is 3.08. The summed E-state index contributed by atoms with van der Waals surface area (Å²) in [5, 5.41) is 10.1. The van der Waals surface area contributed by atoms with Crippen molar-refractivity contribution in [3.8, 4) is 22.4 Å². The second-order valence-corrected chi connectivity index (χ2v) is 14.1. The van der Waals surface area contributed by atoms with Crippen LogP contribution >= 0.6 is 0 Å². The molecule has 261 valence electrons. The van der Waals surface area contributed by atoms with E-state index in [1.807, 2.05) is 47.7 Å². The van der Waals surface area contributed by atoms with Gasteiger partial charge in [0, 0.05) is 54.6 Å². The number of hydrogen-bond acceptors (Lipinski definition) is 4. The molecular weight excluding hydrogens is 780 g/mol. The van der Waals surface area contributed by atoms with Gasteiger partial charge in [0.15, 0.2) is 5.78 Å². The quantitative estimate of drug-likeness (QED) is 0.0791. The third-order valence-corrected chi connectivity index (χ3v) is 11.0. The van der Waals surface area contributed by atoms with Crippen molar-refractivity contribution in [3.05, 3.63) is 107 Å². The summed E-state index contributed by atoms with van der Waals surface area (Å²) in [5.41, 5.74) is 12.9. The maximum atomic E-state index is 12.2. The smallest absolute Gasteiger partial charge is 0.323 e. The Kier molecular flexibility index (Phi) is 13.5. The van der Waals surface area contributed by atoms with Crippen molar-refractivity contribution in [3.63, 3.8) is 0 Å². The molecule has 1 aliphatic heterocycles. The van der Waals surface area contributed by atoms with Gasteiger partial charge in [0.2, 0.25) is 0 Å². The molecule has 1 aromatic heterocycles. The molecule has 0 fully saturated rings. The molecule has 0 aliphatic carbocycles. The van der Waals surface area contributed by atoms with E-state index in [4.69, 9.17) is 4.98 Å². The SMILES string of the molecule is CCC(C)(CC)C(=O)/C=C(\O)C(C)(CC)CC.Cc1[c-]c(-c2nccc3c2N(C)B(c2c(C)cccc2C)c2ccccc2-3)cc(C)c1.[Ir]. The summed E-state index contributed by atoms with van der Waals surface area (Å²) in [5.74, 6) is 0.286. The predicted octanol–water partition coefficient (Wildman–Crippen LogP) is 9.65. The van der Waals surface area contributed by atoms with E-state index in [-0.39, 0.29) is 49.3 Å². The van der Waals surface area contributed by atoms with Crippen LogP contribution in [0.5, 0.6) is 0 Å². The fourth-order valence-electron chi connectivity index (χ4n) is 6.86. The van der Waals surface area contributed by atoms with Gasteiger partial charge in [-0.25, -0.2) is 0 Å². The summed E-state index contributed by atoms with van der Waals surface area (Å²) in [6.45, 7) is 20.9. The van der Waals surface area contributed by atoms with E-state index in [9.17, 15) is 9.90 Å². The molecule has 0 bridgehead atoms. The van der Waals surface area contributed by atoms with Crippen molar-refractivity contribution in [2.24, 2.45) is 10.8 Å². The second-order valence-electron chi connectivity index (χ2n) is 14.1. The summed E-state index contributed by atoms with van der Waals surface area (Å²) in [7, 11) is 2.21. The van der Waals surface area contributed by atoms with Gasteiger partial charge < -0.3 is 14.9 Å². The molecular formula is C43H54BIrN2O2-. The van der Waals surface area contributed by atoms with E-state index in [0.717, 1.165) is 42.5 Å². The van der Waals surface area contributed by atoms with E-state index >= 15 is 0 Å². The number of anilines is 1. The number of fused-ring (bicyclic) bond motifs is 3. The molecule has 1 N–H and O–H groups in total. The molecule has 0 saturated carbocycles. The number of aromatic nitrogens is 1. The van der Waals surface area contributed by atoms with Gasteiger partial charge in [-0.05, 0) is 74.7 Å². The van der Waals surface area contributed by atoms with Crippen molar-refractivity contribution in [1.82, 2.24) is 4.98 Å². The first-order valence-electron chi connectivity index (χ1n) is 17.6. The van der Waals surface area contributed by atoms with E-state index in [1.54, 1.807) is 0 Å². The molecule has 0 atom stereocenters. The number of allylic oxidation sites excluding steroid dienone is 2. The van der Waals surface area contributed by atoms with Gasteiger partial charge in [-0.2, -0.15) is 0 Å². The average molecular weight is 834 g/mol. The number of aryl methyl sites for hydroxylation is 4. The van der Waals surface area contributed by atoms with Gasteiger partial charge >= 0.3 is 6.85 Å². The summed E-state index contributed by atoms with van der Waals surface area (Å²) in [4.78, 5) is 19.5. The van der Waals surface area contributed by atoms with Crippen molar-refractivity contribution in [1.29, 1.82) is 0 Å². The molecule has 0 unspecified atom stereocenters. The largest absolute Gasteiger partial charge is 0.512 e. The van der Waals surface area contributed by atoms with Crippen LogP contribution in [0.25, 0.3) is 22.4 Å². The molecule has 49 heavy (non-hydrogen) atoms. The van der Waals surface area contributed by atoms with E-state index < -0.39 is 0 Å². The van der Waals surface area contributed by atoms with Crippen molar-refractivity contribution < 1.29 is 30.0 Å². The minimum atomic E-state index is -0.337. The molecule has 0 spiro atoms. The Morgan fingerprint density at radius 1 is 0.857 bits per heavy atom. The standard InChI is InChI=1S/C28H26BN2.C15H28O2.Ir/c1-18-15-19(2)17-22(16-18)27-28-24(13-14-30-27)23-11-6-7-12-25(23)29(31(28)5)26-20(3)9-8-10-21(26)4;1-7-14(5,8-2)12(16)11-13(17)15(6,9-3)10-4;/h6-16H,1-5H3;11,16H,7-10H2,1-6H3;/q-1;;/b;12-11-;. The minimum absolute atomic E-state index is 0. The minimum Gasteiger partial charge on any atom is -0.512 e. The molecule has 1 radical (unpaired) electrons. The third kappa shape index (κ3) is 8.13. The molecule has 0 saturated heterocycles. The maximum absolute atomic E-state index is 12.2. The van der Waals surface area contributed by atoms with Crippen molar-refractivity contribution in [2.75, 3.05) is 11.9 Å². The number of nitrogens with zero attached hydrogens (tertiary/aromatic N) is 2. The Morgan fingerprint density at radius 2 is 1.45 bits per heavy atom. The summed E-state index contributed by atoms with van der Waals surface area (Å²) >= 11 is 0. The molecule has 4 aromatic rings. The number of aliphatic hydroxyl groups excluding tert-OH is 1. The normalized spacial score (nSPS) is 12.8. The number of aliphatic hydroxyl groups is 1. The predicted molar refractivity (Wildman–Crippen MR) is 206 cm³/mol. The molecule has 4 nitrogen and oxygen atoms in total. The van der Waals surface area contributed by atoms with Crippen LogP contribution in [-0.2, 0) is 24.9 Å². The van der Waals surface area contributed by atoms with Crippen LogP contribution in [-0.4, -0.2) is 29.8 Å². The van der Waals surface area contributed by atoms with Crippen LogP contribution in [0.15, 0.2) is 78.7 Å². The number of carbonyl (C=O) groups is 1. The summed E-state index contributed by atoms with van der Waals surface area (Å²) in [6, 6.07) is 25.4.